The van der Waals surface area contributed by atoms with Gasteiger partial charge in [0.2, 0.25) is 6.79 Å². The van der Waals surface area contributed by atoms with Gasteiger partial charge in [-0.1, -0.05) is 12.1 Å². The van der Waals surface area contributed by atoms with E-state index in [1.165, 1.54) is 12.1 Å². The molecule has 0 fully saturated rings. The van der Waals surface area contributed by atoms with Gasteiger partial charge in [-0.25, -0.2) is 4.39 Å². The molecule has 22 heavy (non-hydrogen) atoms. The third-order valence-electron chi connectivity index (χ3n) is 3.71. The van der Waals surface area contributed by atoms with Gasteiger partial charge in [-0.05, 0) is 48.7 Å². The van der Waals surface area contributed by atoms with E-state index in [1.54, 1.807) is 12.1 Å². The number of halogens is 1. The quantitative estimate of drug-likeness (QED) is 0.891. The van der Waals surface area contributed by atoms with Crippen LogP contribution in [0.2, 0.25) is 0 Å². The van der Waals surface area contributed by atoms with E-state index in [0.29, 0.717) is 18.9 Å². The lowest BCUT2D eigenvalue weighted by atomic mass is 9.96. The molecular weight excluding hydrogens is 285 g/mol. The molecule has 116 valence electrons. The van der Waals surface area contributed by atoms with E-state index in [9.17, 15) is 4.39 Å². The van der Waals surface area contributed by atoms with E-state index in [4.69, 9.17) is 19.9 Å². The van der Waals surface area contributed by atoms with Gasteiger partial charge in [0.15, 0.2) is 11.5 Å². The zero-order valence-corrected chi connectivity index (χ0v) is 12.1. The molecule has 2 N–H and O–H groups in total. The van der Waals surface area contributed by atoms with Crippen LogP contribution >= 0.6 is 0 Å². The first kappa shape index (κ1) is 14.7. The minimum Gasteiger partial charge on any atom is -0.493 e. The Kier molecular flexibility index (Phi) is 4.44. The molecule has 3 rings (SSSR count). The normalized spacial score (nSPS) is 13.9. The molecule has 1 atom stereocenters. The lowest BCUT2D eigenvalue weighted by Crippen LogP contribution is -2.15. The number of benzene rings is 2. The van der Waals surface area contributed by atoms with Gasteiger partial charge in [0.05, 0.1) is 6.61 Å². The van der Waals surface area contributed by atoms with Crippen molar-refractivity contribution < 1.29 is 18.6 Å². The fourth-order valence-corrected chi connectivity index (χ4v) is 2.44. The van der Waals surface area contributed by atoms with Gasteiger partial charge in [0, 0.05) is 6.07 Å². The zero-order chi connectivity index (χ0) is 15.4. The van der Waals surface area contributed by atoms with Crippen molar-refractivity contribution in [1.82, 2.24) is 0 Å². The molecule has 4 nitrogen and oxygen atoms in total. The number of ether oxygens (including phenoxy) is 3. The molecule has 0 radical (unpaired) electrons. The maximum Gasteiger partial charge on any atom is 0.231 e. The largest absolute Gasteiger partial charge is 0.493 e. The monoisotopic (exact) mass is 303 g/mol. The third-order valence-corrected chi connectivity index (χ3v) is 3.71. The fraction of sp³-hybridized carbons (Fsp3) is 0.294. The van der Waals surface area contributed by atoms with Gasteiger partial charge >= 0.3 is 0 Å². The maximum absolute atomic E-state index is 13.0. The Bertz CT molecular complexity index is 630. The predicted octanol–water partition coefficient (Wildman–Crippen LogP) is 3.07. The van der Waals surface area contributed by atoms with Crippen molar-refractivity contribution in [2.45, 2.75) is 12.3 Å². The molecule has 0 aliphatic carbocycles. The van der Waals surface area contributed by atoms with Crippen LogP contribution in [-0.2, 0) is 0 Å². The highest BCUT2D eigenvalue weighted by Crippen LogP contribution is 2.35. The standard InChI is InChI=1S/C17H18FNO3/c18-14-3-1-12(2-4-14)13(10-19)7-8-20-15-5-6-16-17(9-15)22-11-21-16/h1-6,9,13H,7-8,10-11,19H2. The van der Waals surface area contributed by atoms with E-state index < -0.39 is 0 Å². The first-order valence-corrected chi connectivity index (χ1v) is 7.24. The summed E-state index contributed by atoms with van der Waals surface area (Å²) in [5.41, 5.74) is 6.84. The van der Waals surface area contributed by atoms with Crippen LogP contribution < -0.4 is 19.9 Å². The second kappa shape index (κ2) is 6.66. The number of fused-ring (bicyclic) bond motifs is 1. The lowest BCUT2D eigenvalue weighted by Gasteiger charge is -2.16. The molecule has 0 saturated heterocycles. The summed E-state index contributed by atoms with van der Waals surface area (Å²) in [5.74, 6) is 2.08. The van der Waals surface area contributed by atoms with Crippen molar-refractivity contribution in [3.05, 3.63) is 53.8 Å². The van der Waals surface area contributed by atoms with Crippen LogP contribution in [0.1, 0.15) is 17.9 Å². The van der Waals surface area contributed by atoms with E-state index >= 15 is 0 Å². The Morgan fingerprint density at radius 1 is 1.09 bits per heavy atom. The van der Waals surface area contributed by atoms with Crippen LogP contribution in [0.5, 0.6) is 17.2 Å². The Labute approximate surface area is 128 Å². The molecule has 1 unspecified atom stereocenters. The van der Waals surface area contributed by atoms with E-state index in [1.807, 2.05) is 18.2 Å². The molecule has 1 aliphatic rings. The minimum absolute atomic E-state index is 0.148. The molecule has 1 aliphatic heterocycles. The number of hydrogen-bond acceptors (Lipinski definition) is 4. The highest BCUT2D eigenvalue weighted by atomic mass is 19.1. The zero-order valence-electron chi connectivity index (χ0n) is 12.1. The van der Waals surface area contributed by atoms with E-state index in [-0.39, 0.29) is 18.5 Å². The Morgan fingerprint density at radius 3 is 2.64 bits per heavy atom. The topological polar surface area (TPSA) is 53.7 Å². The average Bonchev–Trinajstić information content (AvgIpc) is 3.00. The van der Waals surface area contributed by atoms with Gasteiger partial charge in [0.25, 0.3) is 0 Å². The van der Waals surface area contributed by atoms with Crippen LogP contribution in [0, 0.1) is 5.82 Å². The maximum atomic E-state index is 13.0. The summed E-state index contributed by atoms with van der Waals surface area (Å²) in [5, 5.41) is 0. The first-order chi connectivity index (χ1) is 10.8. The van der Waals surface area contributed by atoms with Crippen molar-refractivity contribution >= 4 is 0 Å². The highest BCUT2D eigenvalue weighted by molar-refractivity contribution is 5.46. The summed E-state index contributed by atoms with van der Waals surface area (Å²) in [6.45, 7) is 1.27. The van der Waals surface area contributed by atoms with Crippen molar-refractivity contribution in [3.63, 3.8) is 0 Å². The summed E-state index contributed by atoms with van der Waals surface area (Å²) >= 11 is 0. The molecular formula is C17H18FNO3. The van der Waals surface area contributed by atoms with Crippen LogP contribution in [0.15, 0.2) is 42.5 Å². The summed E-state index contributed by atoms with van der Waals surface area (Å²) in [4.78, 5) is 0. The summed E-state index contributed by atoms with van der Waals surface area (Å²) in [7, 11) is 0. The minimum atomic E-state index is -0.240. The Balaban J connectivity index is 1.56. The van der Waals surface area contributed by atoms with Gasteiger partial charge < -0.3 is 19.9 Å². The SMILES string of the molecule is NCC(CCOc1ccc2c(c1)OCO2)c1ccc(F)cc1. The van der Waals surface area contributed by atoms with Gasteiger partial charge in [-0.3, -0.25) is 0 Å². The van der Waals surface area contributed by atoms with Crippen molar-refractivity contribution in [2.24, 2.45) is 5.73 Å². The molecule has 0 aromatic heterocycles. The third kappa shape index (κ3) is 3.31. The highest BCUT2D eigenvalue weighted by Gasteiger charge is 2.14. The molecule has 0 bridgehead atoms. The number of hydrogen-bond donors (Lipinski definition) is 1. The molecule has 1 heterocycles. The van der Waals surface area contributed by atoms with E-state index in [0.717, 1.165) is 23.5 Å². The first-order valence-electron chi connectivity index (χ1n) is 7.24. The second-order valence-corrected chi connectivity index (χ2v) is 5.14. The van der Waals surface area contributed by atoms with Crippen LogP contribution in [0.3, 0.4) is 0 Å². The molecule has 0 amide bonds. The lowest BCUT2D eigenvalue weighted by molar-refractivity contribution is 0.173. The molecule has 2 aromatic carbocycles. The molecule has 2 aromatic rings. The smallest absolute Gasteiger partial charge is 0.231 e. The van der Waals surface area contributed by atoms with Crippen molar-refractivity contribution in [3.8, 4) is 17.2 Å². The van der Waals surface area contributed by atoms with Crippen LogP contribution in [-0.4, -0.2) is 19.9 Å². The number of rotatable bonds is 6. The second-order valence-electron chi connectivity index (χ2n) is 5.14. The molecule has 0 spiro atoms. The van der Waals surface area contributed by atoms with Gasteiger partial charge in [-0.2, -0.15) is 0 Å². The summed E-state index contributed by atoms with van der Waals surface area (Å²) < 4.78 is 29.3. The molecule has 5 heteroatoms. The Hall–Kier alpha value is -2.27. The predicted molar refractivity (Wildman–Crippen MR) is 80.9 cm³/mol. The van der Waals surface area contributed by atoms with Crippen LogP contribution in [0.4, 0.5) is 4.39 Å². The van der Waals surface area contributed by atoms with Crippen molar-refractivity contribution in [2.75, 3.05) is 19.9 Å². The van der Waals surface area contributed by atoms with Crippen molar-refractivity contribution in [1.29, 1.82) is 0 Å². The van der Waals surface area contributed by atoms with Gasteiger partial charge in [-0.15, -0.1) is 0 Å². The summed E-state index contributed by atoms with van der Waals surface area (Å²) in [6, 6.07) is 12.0. The Morgan fingerprint density at radius 2 is 1.86 bits per heavy atom. The van der Waals surface area contributed by atoms with Gasteiger partial charge in [0.1, 0.15) is 11.6 Å². The van der Waals surface area contributed by atoms with E-state index in [2.05, 4.69) is 0 Å². The average molecular weight is 303 g/mol. The van der Waals surface area contributed by atoms with Crippen LogP contribution in [0.25, 0.3) is 0 Å². The number of nitrogens with two attached hydrogens (primary N) is 1. The fourth-order valence-electron chi connectivity index (χ4n) is 2.44. The summed E-state index contributed by atoms with van der Waals surface area (Å²) in [6.07, 6.45) is 0.760. The molecule has 0 saturated carbocycles.